The third kappa shape index (κ3) is 5.11. The molecule has 0 bridgehead atoms. The van der Waals surface area contributed by atoms with Gasteiger partial charge in [0.2, 0.25) is 0 Å². The van der Waals surface area contributed by atoms with Gasteiger partial charge in [-0.1, -0.05) is 19.1 Å². The first kappa shape index (κ1) is 21.2. The minimum absolute atomic E-state index is 0.0514. The van der Waals surface area contributed by atoms with Gasteiger partial charge in [-0.3, -0.25) is 9.59 Å². The number of carbonyl (C=O) groups is 1. The van der Waals surface area contributed by atoms with Crippen molar-refractivity contribution in [1.29, 1.82) is 0 Å². The summed E-state index contributed by atoms with van der Waals surface area (Å²) in [7, 11) is 0. The maximum atomic E-state index is 12.4. The minimum Gasteiger partial charge on any atom is -0.366 e. The maximum Gasteiger partial charge on any atom is 0.253 e. The van der Waals surface area contributed by atoms with Gasteiger partial charge in [-0.05, 0) is 50.1 Å². The zero-order valence-electron chi connectivity index (χ0n) is 17.6. The molecule has 156 valence electrons. The monoisotopic (exact) mass is 405 g/mol. The summed E-state index contributed by atoms with van der Waals surface area (Å²) in [6.07, 6.45) is 2.38. The number of aromatic nitrogens is 3. The molecule has 1 amide bonds. The lowest BCUT2D eigenvalue weighted by Gasteiger charge is -2.18. The maximum absolute atomic E-state index is 12.4. The zero-order valence-corrected chi connectivity index (χ0v) is 17.6. The van der Waals surface area contributed by atoms with Crippen LogP contribution in [0.15, 0.2) is 53.5 Å². The molecule has 0 atom stereocenters. The van der Waals surface area contributed by atoms with E-state index in [0.717, 1.165) is 22.6 Å². The van der Waals surface area contributed by atoms with Gasteiger partial charge < -0.3 is 15.2 Å². The molecule has 30 heavy (non-hydrogen) atoms. The third-order valence-electron chi connectivity index (χ3n) is 4.92. The van der Waals surface area contributed by atoms with Crippen LogP contribution in [-0.4, -0.2) is 38.8 Å². The summed E-state index contributed by atoms with van der Waals surface area (Å²) >= 11 is 0. The SMILES string of the molecule is CCc1cc(=O)[nH]c(-c2ccc(NCc3ccc(C(=O)N(CC)CC)cc3)nc2)n1. The molecule has 0 unspecified atom stereocenters. The summed E-state index contributed by atoms with van der Waals surface area (Å²) < 4.78 is 0. The fraction of sp³-hybridized carbons (Fsp3) is 0.304. The van der Waals surface area contributed by atoms with Gasteiger partial charge >= 0.3 is 0 Å². The number of nitrogens with one attached hydrogen (secondary N) is 2. The lowest BCUT2D eigenvalue weighted by atomic mass is 10.1. The number of hydrogen-bond donors (Lipinski definition) is 2. The molecule has 0 radical (unpaired) electrons. The Balaban J connectivity index is 1.63. The second-order valence-corrected chi connectivity index (χ2v) is 6.90. The molecule has 2 aromatic heterocycles. The number of hydrogen-bond acceptors (Lipinski definition) is 5. The molecule has 0 fully saturated rings. The van der Waals surface area contributed by atoms with E-state index in [4.69, 9.17) is 0 Å². The third-order valence-corrected chi connectivity index (χ3v) is 4.92. The van der Waals surface area contributed by atoms with Gasteiger partial charge in [0, 0.05) is 48.7 Å². The molecule has 3 rings (SSSR count). The number of nitrogens with zero attached hydrogens (tertiary/aromatic N) is 3. The Morgan fingerprint density at radius 3 is 2.40 bits per heavy atom. The van der Waals surface area contributed by atoms with E-state index in [9.17, 15) is 9.59 Å². The van der Waals surface area contributed by atoms with E-state index in [1.165, 1.54) is 6.07 Å². The normalized spacial score (nSPS) is 10.6. The molecule has 2 heterocycles. The van der Waals surface area contributed by atoms with Gasteiger partial charge in [0.1, 0.15) is 11.6 Å². The van der Waals surface area contributed by atoms with Crippen LogP contribution in [0.5, 0.6) is 0 Å². The average molecular weight is 406 g/mol. The number of aryl methyl sites for hydroxylation is 1. The fourth-order valence-corrected chi connectivity index (χ4v) is 3.12. The number of carbonyl (C=O) groups excluding carboxylic acids is 1. The minimum atomic E-state index is -0.165. The van der Waals surface area contributed by atoms with Crippen molar-refractivity contribution in [1.82, 2.24) is 19.9 Å². The first-order valence-corrected chi connectivity index (χ1v) is 10.2. The van der Waals surface area contributed by atoms with Crippen LogP contribution in [-0.2, 0) is 13.0 Å². The molecule has 2 N–H and O–H groups in total. The van der Waals surface area contributed by atoms with E-state index in [0.29, 0.717) is 37.4 Å². The highest BCUT2D eigenvalue weighted by Crippen LogP contribution is 2.16. The molecule has 0 saturated heterocycles. The van der Waals surface area contributed by atoms with Crippen molar-refractivity contribution in [3.8, 4) is 11.4 Å². The highest BCUT2D eigenvalue weighted by molar-refractivity contribution is 5.94. The first-order valence-electron chi connectivity index (χ1n) is 10.2. The molecule has 7 heteroatoms. The van der Waals surface area contributed by atoms with Crippen LogP contribution < -0.4 is 10.9 Å². The molecule has 0 spiro atoms. The second kappa shape index (κ2) is 9.82. The number of amides is 1. The lowest BCUT2D eigenvalue weighted by molar-refractivity contribution is 0.0773. The standard InChI is InChI=1S/C23H27N5O2/c1-4-19-13-21(29)27-22(26-19)18-11-12-20(25-15-18)24-14-16-7-9-17(10-8-16)23(30)28(5-2)6-3/h7-13,15H,4-6,14H2,1-3H3,(H,24,25)(H,26,27,29). The molecule has 0 saturated carbocycles. The van der Waals surface area contributed by atoms with E-state index in [1.807, 2.05) is 57.2 Å². The van der Waals surface area contributed by atoms with Crippen molar-refractivity contribution < 1.29 is 4.79 Å². The second-order valence-electron chi connectivity index (χ2n) is 6.90. The Morgan fingerprint density at radius 2 is 1.80 bits per heavy atom. The molecule has 3 aromatic rings. The van der Waals surface area contributed by atoms with Crippen LogP contribution in [0, 0.1) is 0 Å². The van der Waals surface area contributed by atoms with Gasteiger partial charge in [0.15, 0.2) is 0 Å². The van der Waals surface area contributed by atoms with E-state index >= 15 is 0 Å². The summed E-state index contributed by atoms with van der Waals surface area (Å²) in [4.78, 5) is 37.5. The van der Waals surface area contributed by atoms with Gasteiger partial charge in [-0.15, -0.1) is 0 Å². The van der Waals surface area contributed by atoms with E-state index in [-0.39, 0.29) is 11.5 Å². The largest absolute Gasteiger partial charge is 0.366 e. The Bertz CT molecular complexity index is 1040. The Hall–Kier alpha value is -3.48. The van der Waals surface area contributed by atoms with Crippen molar-refractivity contribution in [2.45, 2.75) is 33.7 Å². The fourth-order valence-electron chi connectivity index (χ4n) is 3.12. The van der Waals surface area contributed by atoms with Crippen molar-refractivity contribution in [2.75, 3.05) is 18.4 Å². The summed E-state index contributed by atoms with van der Waals surface area (Å²) in [6.45, 7) is 7.91. The Kier molecular flexibility index (Phi) is 6.95. The lowest BCUT2D eigenvalue weighted by Crippen LogP contribution is -2.30. The van der Waals surface area contributed by atoms with E-state index in [1.54, 1.807) is 11.1 Å². The molecule has 0 aliphatic rings. The van der Waals surface area contributed by atoms with Crippen molar-refractivity contribution in [2.24, 2.45) is 0 Å². The van der Waals surface area contributed by atoms with E-state index < -0.39 is 0 Å². The van der Waals surface area contributed by atoms with Crippen LogP contribution in [0.2, 0.25) is 0 Å². The predicted molar refractivity (Wildman–Crippen MR) is 118 cm³/mol. The summed E-state index contributed by atoms with van der Waals surface area (Å²) in [5.41, 5.74) is 3.09. The van der Waals surface area contributed by atoms with Crippen LogP contribution in [0.25, 0.3) is 11.4 Å². The number of anilines is 1. The predicted octanol–water partition coefficient (Wildman–Crippen LogP) is 3.49. The molecular formula is C23H27N5O2. The van der Waals surface area contributed by atoms with Crippen molar-refractivity contribution in [3.05, 3.63) is 75.8 Å². The summed E-state index contributed by atoms with van der Waals surface area (Å²) in [5, 5.41) is 3.27. The van der Waals surface area contributed by atoms with Crippen LogP contribution in [0.4, 0.5) is 5.82 Å². The topological polar surface area (TPSA) is 91.0 Å². The molecule has 0 aliphatic heterocycles. The molecular weight excluding hydrogens is 378 g/mol. The van der Waals surface area contributed by atoms with Gasteiger partial charge in [-0.25, -0.2) is 9.97 Å². The summed E-state index contributed by atoms with van der Waals surface area (Å²) in [5.74, 6) is 1.29. The quantitative estimate of drug-likeness (QED) is 0.599. The van der Waals surface area contributed by atoms with Gasteiger partial charge in [-0.2, -0.15) is 0 Å². The number of rotatable bonds is 8. The van der Waals surface area contributed by atoms with Crippen molar-refractivity contribution >= 4 is 11.7 Å². The molecule has 0 aliphatic carbocycles. The Morgan fingerprint density at radius 1 is 1.07 bits per heavy atom. The first-order chi connectivity index (χ1) is 14.5. The smallest absolute Gasteiger partial charge is 0.253 e. The number of aromatic amines is 1. The Labute approximate surface area is 176 Å². The number of benzene rings is 1. The van der Waals surface area contributed by atoms with Crippen LogP contribution >= 0.6 is 0 Å². The van der Waals surface area contributed by atoms with E-state index in [2.05, 4.69) is 20.3 Å². The average Bonchev–Trinajstić information content (AvgIpc) is 2.78. The zero-order chi connectivity index (χ0) is 21.5. The molecule has 7 nitrogen and oxygen atoms in total. The summed E-state index contributed by atoms with van der Waals surface area (Å²) in [6, 6.07) is 12.8. The van der Waals surface area contributed by atoms with Gasteiger partial charge in [0.25, 0.3) is 11.5 Å². The highest BCUT2D eigenvalue weighted by atomic mass is 16.2. The van der Waals surface area contributed by atoms with Gasteiger partial charge in [0.05, 0.1) is 0 Å². The van der Waals surface area contributed by atoms with Crippen LogP contribution in [0.1, 0.15) is 42.4 Å². The highest BCUT2D eigenvalue weighted by Gasteiger charge is 2.12. The molecule has 1 aromatic carbocycles. The van der Waals surface area contributed by atoms with Crippen LogP contribution in [0.3, 0.4) is 0 Å². The number of pyridine rings is 1. The van der Waals surface area contributed by atoms with Crippen molar-refractivity contribution in [3.63, 3.8) is 0 Å². The number of H-pyrrole nitrogens is 1.